The van der Waals surface area contributed by atoms with Gasteiger partial charge in [0.05, 0.1) is 18.8 Å². The molecule has 0 amide bonds. The topological polar surface area (TPSA) is 83.5 Å². The molecule has 0 bridgehead atoms. The maximum atomic E-state index is 5.76. The molecular weight excluding hydrogens is 398 g/mol. The van der Waals surface area contributed by atoms with E-state index in [1.807, 2.05) is 17.8 Å². The van der Waals surface area contributed by atoms with Crippen LogP contribution in [0, 0.1) is 0 Å². The van der Waals surface area contributed by atoms with E-state index in [-0.39, 0.29) is 6.04 Å². The molecule has 2 aromatic rings. The van der Waals surface area contributed by atoms with Crippen LogP contribution in [0.15, 0.2) is 34.1 Å². The van der Waals surface area contributed by atoms with Crippen LogP contribution in [0.1, 0.15) is 43.8 Å². The molecule has 0 radical (unpaired) electrons. The van der Waals surface area contributed by atoms with Gasteiger partial charge in [-0.3, -0.25) is 9.89 Å². The van der Waals surface area contributed by atoms with E-state index in [1.54, 1.807) is 12.6 Å². The van der Waals surface area contributed by atoms with Crippen molar-refractivity contribution in [3.8, 4) is 0 Å². The number of hydrogen-bond donors (Lipinski definition) is 2. The zero-order valence-electron chi connectivity index (χ0n) is 18.2. The van der Waals surface area contributed by atoms with Gasteiger partial charge in [-0.2, -0.15) is 11.8 Å². The van der Waals surface area contributed by atoms with Gasteiger partial charge in [0.1, 0.15) is 17.9 Å². The van der Waals surface area contributed by atoms with Crippen LogP contribution in [0.2, 0.25) is 0 Å². The predicted molar refractivity (Wildman–Crippen MR) is 123 cm³/mol. The Kier molecular flexibility index (Phi) is 9.56. The fraction of sp³-hybridized carbons (Fsp3) is 0.667. The third-order valence-corrected chi connectivity index (χ3v) is 5.99. The van der Waals surface area contributed by atoms with Crippen molar-refractivity contribution < 1.29 is 4.42 Å². The van der Waals surface area contributed by atoms with E-state index in [0.717, 1.165) is 62.4 Å². The van der Waals surface area contributed by atoms with Crippen LogP contribution >= 0.6 is 11.8 Å². The molecule has 0 saturated carbocycles. The molecule has 1 unspecified atom stereocenters. The highest BCUT2D eigenvalue weighted by atomic mass is 32.2. The van der Waals surface area contributed by atoms with Gasteiger partial charge in [-0.1, -0.05) is 13.3 Å². The van der Waals surface area contributed by atoms with Crippen LogP contribution in [0.5, 0.6) is 0 Å². The van der Waals surface area contributed by atoms with Gasteiger partial charge in [-0.05, 0) is 44.3 Å². The molecule has 8 nitrogen and oxygen atoms in total. The molecule has 1 aliphatic rings. The number of aliphatic imine (C=N–C) groups is 1. The number of aryl methyl sites for hydroxylation is 1. The van der Waals surface area contributed by atoms with E-state index in [9.17, 15) is 0 Å². The molecule has 30 heavy (non-hydrogen) atoms. The lowest BCUT2D eigenvalue weighted by Crippen LogP contribution is -2.41. The Morgan fingerprint density at radius 1 is 1.27 bits per heavy atom. The molecule has 3 heterocycles. The van der Waals surface area contributed by atoms with Crippen LogP contribution in [-0.2, 0) is 13.0 Å². The first-order valence-electron chi connectivity index (χ1n) is 11.0. The predicted octanol–water partition coefficient (Wildman–Crippen LogP) is 2.56. The summed E-state index contributed by atoms with van der Waals surface area (Å²) in [6.07, 6.45) is 10.4. The van der Waals surface area contributed by atoms with Crippen molar-refractivity contribution in [2.24, 2.45) is 4.99 Å². The third-order valence-electron chi connectivity index (χ3n) is 5.38. The smallest absolute Gasteiger partial charge is 0.191 e. The minimum Gasteiger partial charge on any atom is -0.468 e. The van der Waals surface area contributed by atoms with Crippen molar-refractivity contribution in [1.29, 1.82) is 0 Å². The zero-order chi connectivity index (χ0) is 21.0. The highest BCUT2D eigenvalue weighted by Gasteiger charge is 2.24. The molecule has 1 aliphatic heterocycles. The monoisotopic (exact) mass is 433 g/mol. The summed E-state index contributed by atoms with van der Waals surface area (Å²) in [6, 6.07) is 4.22. The second-order valence-electron chi connectivity index (χ2n) is 7.46. The summed E-state index contributed by atoms with van der Waals surface area (Å²) in [6.45, 7) is 7.45. The van der Waals surface area contributed by atoms with E-state index in [4.69, 9.17) is 9.41 Å². The van der Waals surface area contributed by atoms with Crippen molar-refractivity contribution in [3.05, 3.63) is 36.3 Å². The third kappa shape index (κ3) is 6.77. The first-order chi connectivity index (χ1) is 14.8. The standard InChI is InChI=1S/C21H35N7OS/c1-3-20-26-25-17-28(20)13-9-22-21(23-10-15-30-2)24-16-18(19-8-7-14-29-19)27-11-5-4-6-12-27/h7-8,14,17-18H,3-6,9-13,15-16H2,1-2H3,(H2,22,23,24). The van der Waals surface area contributed by atoms with Crippen LogP contribution in [0.25, 0.3) is 0 Å². The second kappa shape index (κ2) is 12.6. The second-order valence-corrected chi connectivity index (χ2v) is 8.44. The molecule has 0 spiro atoms. The van der Waals surface area contributed by atoms with Crippen LogP contribution in [-0.4, -0.2) is 70.4 Å². The lowest BCUT2D eigenvalue weighted by molar-refractivity contribution is 0.150. The number of piperidine rings is 1. The van der Waals surface area contributed by atoms with Crippen molar-refractivity contribution in [2.45, 2.75) is 45.2 Å². The van der Waals surface area contributed by atoms with Crippen molar-refractivity contribution in [2.75, 3.05) is 44.7 Å². The molecule has 9 heteroatoms. The number of thioether (sulfide) groups is 1. The van der Waals surface area contributed by atoms with E-state index >= 15 is 0 Å². The number of guanidine groups is 1. The van der Waals surface area contributed by atoms with E-state index in [2.05, 4.69) is 49.5 Å². The molecule has 2 aromatic heterocycles. The van der Waals surface area contributed by atoms with E-state index in [0.29, 0.717) is 6.54 Å². The maximum absolute atomic E-state index is 5.76. The van der Waals surface area contributed by atoms with E-state index < -0.39 is 0 Å². The summed E-state index contributed by atoms with van der Waals surface area (Å²) in [7, 11) is 0. The van der Waals surface area contributed by atoms with Crippen LogP contribution < -0.4 is 10.6 Å². The normalized spacial score (nSPS) is 16.5. The first-order valence-corrected chi connectivity index (χ1v) is 12.4. The largest absolute Gasteiger partial charge is 0.468 e. The lowest BCUT2D eigenvalue weighted by atomic mass is 10.1. The first kappa shape index (κ1) is 22.7. The number of furan rings is 1. The van der Waals surface area contributed by atoms with Gasteiger partial charge in [-0.15, -0.1) is 10.2 Å². The molecule has 1 atom stereocenters. The van der Waals surface area contributed by atoms with Crippen LogP contribution in [0.4, 0.5) is 0 Å². The summed E-state index contributed by atoms with van der Waals surface area (Å²) in [5.74, 6) is 3.90. The Labute approximate surface area is 183 Å². The van der Waals surface area contributed by atoms with E-state index in [1.165, 1.54) is 19.3 Å². The molecule has 0 aromatic carbocycles. The van der Waals surface area contributed by atoms with Gasteiger partial charge in [0.15, 0.2) is 5.96 Å². The van der Waals surface area contributed by atoms with Gasteiger partial charge in [0.2, 0.25) is 0 Å². The summed E-state index contributed by atoms with van der Waals surface area (Å²) in [5, 5.41) is 15.1. The summed E-state index contributed by atoms with van der Waals surface area (Å²) in [4.78, 5) is 7.44. The van der Waals surface area contributed by atoms with Crippen molar-refractivity contribution >= 4 is 17.7 Å². The van der Waals surface area contributed by atoms with Gasteiger partial charge in [0, 0.05) is 31.8 Å². The number of nitrogens with zero attached hydrogens (tertiary/aromatic N) is 5. The van der Waals surface area contributed by atoms with Gasteiger partial charge in [0.25, 0.3) is 0 Å². The summed E-state index contributed by atoms with van der Waals surface area (Å²) in [5.41, 5.74) is 0. The van der Waals surface area contributed by atoms with Crippen molar-refractivity contribution in [1.82, 2.24) is 30.3 Å². The number of rotatable bonds is 11. The minimum absolute atomic E-state index is 0.184. The Bertz CT molecular complexity index is 740. The van der Waals surface area contributed by atoms with Crippen LogP contribution in [0.3, 0.4) is 0 Å². The number of likely N-dealkylation sites (tertiary alicyclic amines) is 1. The SMILES string of the molecule is CCc1nncn1CCNC(=NCC(c1ccco1)N1CCCCC1)NCCSC. The van der Waals surface area contributed by atoms with Gasteiger partial charge < -0.3 is 19.6 Å². The summed E-state index contributed by atoms with van der Waals surface area (Å²) < 4.78 is 7.85. The Balaban J connectivity index is 1.62. The molecule has 166 valence electrons. The average molecular weight is 434 g/mol. The van der Waals surface area contributed by atoms with Gasteiger partial charge in [-0.25, -0.2) is 0 Å². The lowest BCUT2D eigenvalue weighted by Gasteiger charge is -2.32. The number of aromatic nitrogens is 3. The highest BCUT2D eigenvalue weighted by Crippen LogP contribution is 2.25. The molecular formula is C21H35N7OS. The number of nitrogens with one attached hydrogen (secondary N) is 2. The summed E-state index contributed by atoms with van der Waals surface area (Å²) >= 11 is 1.83. The molecule has 2 N–H and O–H groups in total. The Morgan fingerprint density at radius 3 is 2.83 bits per heavy atom. The Hall–Kier alpha value is -2.00. The van der Waals surface area contributed by atoms with Gasteiger partial charge >= 0.3 is 0 Å². The minimum atomic E-state index is 0.184. The quantitative estimate of drug-likeness (QED) is 0.320. The molecule has 1 saturated heterocycles. The maximum Gasteiger partial charge on any atom is 0.191 e. The molecule has 0 aliphatic carbocycles. The van der Waals surface area contributed by atoms with Crippen molar-refractivity contribution in [3.63, 3.8) is 0 Å². The highest BCUT2D eigenvalue weighted by molar-refractivity contribution is 7.98. The molecule has 1 fully saturated rings. The fourth-order valence-corrected chi connectivity index (χ4v) is 4.06. The number of hydrogen-bond acceptors (Lipinski definition) is 6. The molecule has 3 rings (SSSR count). The average Bonchev–Trinajstić information content (AvgIpc) is 3.46. The Morgan fingerprint density at radius 2 is 2.10 bits per heavy atom. The zero-order valence-corrected chi connectivity index (χ0v) is 19.0. The fourth-order valence-electron chi connectivity index (χ4n) is 3.75.